The van der Waals surface area contributed by atoms with Gasteiger partial charge in [-0.25, -0.2) is 0 Å². The van der Waals surface area contributed by atoms with Crippen LogP contribution in [0.5, 0.6) is 0 Å². The van der Waals surface area contributed by atoms with Gasteiger partial charge < -0.3 is 15.4 Å². The third-order valence-corrected chi connectivity index (χ3v) is 6.95. The minimum absolute atomic E-state index is 0.0581. The zero-order chi connectivity index (χ0) is 21.6. The average Bonchev–Trinajstić information content (AvgIpc) is 3.21. The maximum Gasteiger partial charge on any atom is 0.416 e. The fourth-order valence-corrected chi connectivity index (χ4v) is 4.90. The van der Waals surface area contributed by atoms with E-state index in [1.165, 1.54) is 6.42 Å². The van der Waals surface area contributed by atoms with Crippen LogP contribution >= 0.6 is 11.8 Å². The largest absolute Gasteiger partial charge is 0.416 e. The van der Waals surface area contributed by atoms with Gasteiger partial charge >= 0.3 is 6.18 Å². The molecular formula is C21H31F3N4OS. The van der Waals surface area contributed by atoms with Crippen LogP contribution in [-0.2, 0) is 10.9 Å². The Hall–Kier alpha value is -1.45. The van der Waals surface area contributed by atoms with Crippen LogP contribution in [0.1, 0.15) is 36.4 Å². The molecule has 3 rings (SSSR count). The topological polar surface area (TPSA) is 48.9 Å². The number of halogens is 3. The third-order valence-electron chi connectivity index (χ3n) is 5.85. The SMILES string of the molecule is CN=C(NCC(c1ccc(C(F)(F)F)cc1)N1CCOCC1)NC1CCC(SC)C1. The fourth-order valence-electron chi connectivity index (χ4n) is 4.11. The summed E-state index contributed by atoms with van der Waals surface area (Å²) in [5.41, 5.74) is 0.234. The van der Waals surface area contributed by atoms with Crippen molar-refractivity contribution in [1.29, 1.82) is 0 Å². The number of ether oxygens (including phenoxy) is 1. The van der Waals surface area contributed by atoms with Crippen molar-refractivity contribution in [3.05, 3.63) is 35.4 Å². The van der Waals surface area contributed by atoms with Crippen LogP contribution in [0.3, 0.4) is 0 Å². The number of hydrogen-bond acceptors (Lipinski definition) is 4. The van der Waals surface area contributed by atoms with Crippen LogP contribution in [0.15, 0.2) is 29.3 Å². The van der Waals surface area contributed by atoms with E-state index in [2.05, 4.69) is 26.8 Å². The molecule has 0 spiro atoms. The van der Waals surface area contributed by atoms with Crippen molar-refractivity contribution < 1.29 is 17.9 Å². The van der Waals surface area contributed by atoms with Crippen molar-refractivity contribution in [2.24, 2.45) is 4.99 Å². The fraction of sp³-hybridized carbons (Fsp3) is 0.667. The molecule has 0 radical (unpaired) electrons. The lowest BCUT2D eigenvalue weighted by Gasteiger charge is -2.35. The molecule has 0 amide bonds. The molecule has 2 fully saturated rings. The molecule has 0 bridgehead atoms. The number of hydrogen-bond donors (Lipinski definition) is 2. The Balaban J connectivity index is 1.66. The zero-order valence-corrected chi connectivity index (χ0v) is 18.4. The lowest BCUT2D eigenvalue weighted by atomic mass is 10.0. The second-order valence-electron chi connectivity index (χ2n) is 7.75. The van der Waals surface area contributed by atoms with Gasteiger partial charge in [-0.05, 0) is 43.2 Å². The second kappa shape index (κ2) is 10.7. The van der Waals surface area contributed by atoms with Crippen molar-refractivity contribution in [2.45, 2.75) is 42.8 Å². The van der Waals surface area contributed by atoms with E-state index in [0.29, 0.717) is 31.1 Å². The molecule has 1 aromatic rings. The molecule has 3 atom stereocenters. The summed E-state index contributed by atoms with van der Waals surface area (Å²) >= 11 is 1.91. The first-order valence-corrected chi connectivity index (χ1v) is 11.7. The molecule has 1 saturated carbocycles. The minimum Gasteiger partial charge on any atom is -0.379 e. The monoisotopic (exact) mass is 444 g/mol. The first-order chi connectivity index (χ1) is 14.4. The summed E-state index contributed by atoms with van der Waals surface area (Å²) < 4.78 is 44.3. The lowest BCUT2D eigenvalue weighted by molar-refractivity contribution is -0.137. The number of aliphatic imine (C=N–C) groups is 1. The highest BCUT2D eigenvalue weighted by Crippen LogP contribution is 2.31. The molecule has 1 saturated heterocycles. The van der Waals surface area contributed by atoms with Crippen molar-refractivity contribution in [3.63, 3.8) is 0 Å². The van der Waals surface area contributed by atoms with Crippen LogP contribution in [0.2, 0.25) is 0 Å². The number of nitrogens with zero attached hydrogens (tertiary/aromatic N) is 2. The summed E-state index contributed by atoms with van der Waals surface area (Å²) in [5, 5.41) is 7.59. The summed E-state index contributed by atoms with van der Waals surface area (Å²) in [6.07, 6.45) is 1.27. The lowest BCUT2D eigenvalue weighted by Crippen LogP contribution is -2.48. The van der Waals surface area contributed by atoms with Crippen molar-refractivity contribution in [2.75, 3.05) is 46.2 Å². The molecule has 1 aliphatic carbocycles. The number of nitrogens with one attached hydrogen (secondary N) is 2. The first kappa shape index (κ1) is 23.2. The minimum atomic E-state index is -4.33. The van der Waals surface area contributed by atoms with Gasteiger partial charge in [-0.15, -0.1) is 0 Å². The molecule has 1 aromatic carbocycles. The number of rotatable bonds is 6. The summed E-state index contributed by atoms with van der Waals surface area (Å²) in [6, 6.07) is 5.84. The van der Waals surface area contributed by atoms with Crippen LogP contribution in [0, 0.1) is 0 Å². The highest BCUT2D eigenvalue weighted by Gasteiger charge is 2.31. The summed E-state index contributed by atoms with van der Waals surface area (Å²) in [7, 11) is 1.75. The Morgan fingerprint density at radius 2 is 1.93 bits per heavy atom. The van der Waals surface area contributed by atoms with E-state index in [1.54, 1.807) is 19.2 Å². The van der Waals surface area contributed by atoms with Crippen molar-refractivity contribution >= 4 is 17.7 Å². The molecule has 9 heteroatoms. The van der Waals surface area contributed by atoms with Gasteiger partial charge in [0.2, 0.25) is 0 Å². The van der Waals surface area contributed by atoms with Crippen LogP contribution in [0.25, 0.3) is 0 Å². The van der Waals surface area contributed by atoms with E-state index in [9.17, 15) is 13.2 Å². The standard InChI is InChI=1S/C21H31F3N4OS/c1-25-20(27-17-7-8-18(13-17)30-2)26-14-19(28-9-11-29-12-10-28)15-3-5-16(6-4-15)21(22,23)24/h3-6,17-19H,7-14H2,1-2H3,(H2,25,26,27). The van der Waals surface area contributed by atoms with E-state index in [4.69, 9.17) is 4.74 Å². The summed E-state index contributed by atoms with van der Waals surface area (Å²) in [6.45, 7) is 3.31. The van der Waals surface area contributed by atoms with Crippen LogP contribution < -0.4 is 10.6 Å². The van der Waals surface area contributed by atoms with Gasteiger partial charge in [0, 0.05) is 38.0 Å². The van der Waals surface area contributed by atoms with Gasteiger partial charge in [0.15, 0.2) is 5.96 Å². The highest BCUT2D eigenvalue weighted by molar-refractivity contribution is 7.99. The van der Waals surface area contributed by atoms with E-state index in [0.717, 1.165) is 49.6 Å². The Kier molecular flexibility index (Phi) is 8.30. The Bertz CT molecular complexity index is 692. The van der Waals surface area contributed by atoms with Crippen LogP contribution in [0.4, 0.5) is 13.2 Å². The highest BCUT2D eigenvalue weighted by atomic mass is 32.2. The maximum absolute atomic E-state index is 13.0. The molecule has 168 valence electrons. The zero-order valence-electron chi connectivity index (χ0n) is 17.5. The Labute approximate surface area is 180 Å². The first-order valence-electron chi connectivity index (χ1n) is 10.4. The molecule has 2 N–H and O–H groups in total. The average molecular weight is 445 g/mol. The Morgan fingerprint density at radius 1 is 1.23 bits per heavy atom. The molecule has 3 unspecified atom stereocenters. The number of morpholine rings is 1. The third kappa shape index (κ3) is 6.28. The second-order valence-corrected chi connectivity index (χ2v) is 8.89. The maximum atomic E-state index is 13.0. The smallest absolute Gasteiger partial charge is 0.379 e. The molecular weight excluding hydrogens is 413 g/mol. The van der Waals surface area contributed by atoms with Crippen molar-refractivity contribution in [1.82, 2.24) is 15.5 Å². The van der Waals surface area contributed by atoms with Gasteiger partial charge in [0.25, 0.3) is 0 Å². The molecule has 1 aliphatic heterocycles. The van der Waals surface area contributed by atoms with Gasteiger partial charge in [-0.1, -0.05) is 12.1 Å². The predicted octanol–water partition coefficient (Wildman–Crippen LogP) is 3.53. The van der Waals surface area contributed by atoms with Crippen molar-refractivity contribution in [3.8, 4) is 0 Å². The number of guanidine groups is 1. The molecule has 1 heterocycles. The number of benzene rings is 1. The summed E-state index contributed by atoms with van der Waals surface area (Å²) in [4.78, 5) is 6.61. The van der Waals surface area contributed by atoms with Gasteiger partial charge in [0.05, 0.1) is 24.8 Å². The predicted molar refractivity (Wildman–Crippen MR) is 116 cm³/mol. The van der Waals surface area contributed by atoms with Gasteiger partial charge in [-0.2, -0.15) is 24.9 Å². The molecule has 2 aliphatic rings. The van der Waals surface area contributed by atoms with E-state index >= 15 is 0 Å². The van der Waals surface area contributed by atoms with E-state index in [-0.39, 0.29) is 6.04 Å². The summed E-state index contributed by atoms with van der Waals surface area (Å²) in [5.74, 6) is 0.743. The van der Waals surface area contributed by atoms with Gasteiger partial charge in [0.1, 0.15) is 0 Å². The van der Waals surface area contributed by atoms with Crippen LogP contribution in [-0.4, -0.2) is 68.3 Å². The van der Waals surface area contributed by atoms with Gasteiger partial charge in [-0.3, -0.25) is 9.89 Å². The Morgan fingerprint density at radius 3 is 2.50 bits per heavy atom. The van der Waals surface area contributed by atoms with E-state index < -0.39 is 11.7 Å². The molecule has 30 heavy (non-hydrogen) atoms. The number of alkyl halides is 3. The number of thioether (sulfide) groups is 1. The van der Waals surface area contributed by atoms with E-state index in [1.807, 2.05) is 11.8 Å². The molecule has 5 nitrogen and oxygen atoms in total. The normalized spacial score (nSPS) is 24.6. The quantitative estimate of drug-likeness (QED) is 0.519. The molecule has 0 aromatic heterocycles.